The smallest absolute Gasteiger partial charge is 0.350 e. The first kappa shape index (κ1) is 11.4. The minimum Gasteiger partial charge on any atom is -0.485 e. The average Bonchev–Trinajstić information content (AvgIpc) is 2.37. The molecular formula is C12H12O5. The maximum Gasteiger partial charge on any atom is 0.350 e. The molecule has 1 aliphatic heterocycles. The van der Waals surface area contributed by atoms with Crippen LogP contribution in [0.5, 0.6) is 11.5 Å². The molecule has 0 aliphatic carbocycles. The van der Waals surface area contributed by atoms with Crippen LogP contribution in [-0.4, -0.2) is 31.6 Å². The van der Waals surface area contributed by atoms with E-state index in [1.54, 1.807) is 25.1 Å². The predicted octanol–water partition coefficient (Wildman–Crippen LogP) is 1.20. The standard InChI is InChI=1S/C12H12O5/c1-2-15-12(14)11-7-16-10-5-8(6-13)3-4-9(10)17-11/h3-6,11H,2,7H2,1H3. The SMILES string of the molecule is CCOC(=O)C1COc2cc(C=O)ccc2O1. The van der Waals surface area contributed by atoms with Gasteiger partial charge in [-0.15, -0.1) is 0 Å². The summed E-state index contributed by atoms with van der Waals surface area (Å²) in [4.78, 5) is 22.0. The minimum absolute atomic E-state index is 0.0914. The second kappa shape index (κ2) is 4.86. The average molecular weight is 236 g/mol. The maximum atomic E-state index is 11.4. The Morgan fingerprint density at radius 2 is 2.35 bits per heavy atom. The molecule has 1 unspecified atom stereocenters. The van der Waals surface area contributed by atoms with E-state index in [0.29, 0.717) is 23.7 Å². The van der Waals surface area contributed by atoms with Crippen LogP contribution in [0.3, 0.4) is 0 Å². The van der Waals surface area contributed by atoms with Crippen LogP contribution in [-0.2, 0) is 9.53 Å². The minimum atomic E-state index is -0.746. The van der Waals surface area contributed by atoms with Gasteiger partial charge in [0.15, 0.2) is 11.5 Å². The van der Waals surface area contributed by atoms with E-state index < -0.39 is 12.1 Å². The van der Waals surface area contributed by atoms with Gasteiger partial charge in [-0.3, -0.25) is 4.79 Å². The number of ether oxygens (including phenoxy) is 3. The third-order valence-corrected chi connectivity index (χ3v) is 2.31. The van der Waals surface area contributed by atoms with E-state index in [2.05, 4.69) is 0 Å². The van der Waals surface area contributed by atoms with Gasteiger partial charge in [-0.25, -0.2) is 4.79 Å². The molecule has 0 N–H and O–H groups in total. The molecule has 1 aromatic rings. The number of carbonyl (C=O) groups is 2. The quantitative estimate of drug-likeness (QED) is 0.583. The molecule has 90 valence electrons. The molecule has 0 aromatic heterocycles. The number of carbonyl (C=O) groups excluding carboxylic acids is 2. The highest BCUT2D eigenvalue weighted by molar-refractivity contribution is 5.78. The molecular weight excluding hydrogens is 224 g/mol. The van der Waals surface area contributed by atoms with Crippen LogP contribution in [0.2, 0.25) is 0 Å². The van der Waals surface area contributed by atoms with E-state index in [1.165, 1.54) is 0 Å². The van der Waals surface area contributed by atoms with Crippen LogP contribution in [0.4, 0.5) is 0 Å². The van der Waals surface area contributed by atoms with Gasteiger partial charge in [-0.2, -0.15) is 0 Å². The van der Waals surface area contributed by atoms with Gasteiger partial charge < -0.3 is 14.2 Å². The van der Waals surface area contributed by atoms with Gasteiger partial charge >= 0.3 is 5.97 Å². The fourth-order valence-electron chi connectivity index (χ4n) is 1.51. The molecule has 0 saturated heterocycles. The molecule has 2 rings (SSSR count). The predicted molar refractivity (Wildman–Crippen MR) is 58.4 cm³/mol. The highest BCUT2D eigenvalue weighted by atomic mass is 16.6. The Balaban J connectivity index is 2.14. The summed E-state index contributed by atoms with van der Waals surface area (Å²) >= 11 is 0. The summed E-state index contributed by atoms with van der Waals surface area (Å²) in [5.74, 6) is 0.465. The van der Waals surface area contributed by atoms with Crippen molar-refractivity contribution in [1.82, 2.24) is 0 Å². The molecule has 1 atom stereocenters. The molecule has 0 fully saturated rings. The first-order valence-corrected chi connectivity index (χ1v) is 5.30. The Morgan fingerprint density at radius 1 is 1.53 bits per heavy atom. The molecule has 1 heterocycles. The van der Waals surface area contributed by atoms with Crippen molar-refractivity contribution in [1.29, 1.82) is 0 Å². The van der Waals surface area contributed by atoms with Gasteiger partial charge in [0.25, 0.3) is 0 Å². The van der Waals surface area contributed by atoms with Crippen molar-refractivity contribution in [3.8, 4) is 11.5 Å². The van der Waals surface area contributed by atoms with Gasteiger partial charge in [0, 0.05) is 5.56 Å². The normalized spacial score (nSPS) is 17.4. The number of hydrogen-bond donors (Lipinski definition) is 0. The summed E-state index contributed by atoms with van der Waals surface area (Å²) in [6.45, 7) is 2.12. The fraction of sp³-hybridized carbons (Fsp3) is 0.333. The van der Waals surface area contributed by atoms with Gasteiger partial charge in [0.1, 0.15) is 12.9 Å². The first-order valence-electron chi connectivity index (χ1n) is 5.30. The third kappa shape index (κ3) is 2.38. The lowest BCUT2D eigenvalue weighted by molar-refractivity contribution is -0.153. The van der Waals surface area contributed by atoms with Crippen molar-refractivity contribution in [2.45, 2.75) is 13.0 Å². The lowest BCUT2D eigenvalue weighted by atomic mass is 10.2. The first-order chi connectivity index (χ1) is 8.24. The molecule has 1 aromatic carbocycles. The van der Waals surface area contributed by atoms with Crippen molar-refractivity contribution in [2.75, 3.05) is 13.2 Å². The van der Waals surface area contributed by atoms with E-state index in [1.807, 2.05) is 0 Å². The number of fused-ring (bicyclic) bond motifs is 1. The van der Waals surface area contributed by atoms with Crippen molar-refractivity contribution in [2.24, 2.45) is 0 Å². The Morgan fingerprint density at radius 3 is 3.06 bits per heavy atom. The van der Waals surface area contributed by atoms with E-state index >= 15 is 0 Å². The molecule has 0 radical (unpaired) electrons. The monoisotopic (exact) mass is 236 g/mol. The maximum absolute atomic E-state index is 11.4. The zero-order chi connectivity index (χ0) is 12.3. The van der Waals surface area contributed by atoms with Gasteiger partial charge in [-0.1, -0.05) is 0 Å². The van der Waals surface area contributed by atoms with E-state index in [4.69, 9.17) is 14.2 Å². The van der Waals surface area contributed by atoms with Crippen molar-refractivity contribution >= 4 is 12.3 Å². The molecule has 17 heavy (non-hydrogen) atoms. The van der Waals surface area contributed by atoms with Crippen molar-refractivity contribution in [3.05, 3.63) is 23.8 Å². The van der Waals surface area contributed by atoms with Crippen LogP contribution in [0.1, 0.15) is 17.3 Å². The van der Waals surface area contributed by atoms with Crippen LogP contribution >= 0.6 is 0 Å². The van der Waals surface area contributed by atoms with Crippen LogP contribution in [0.15, 0.2) is 18.2 Å². The van der Waals surface area contributed by atoms with Crippen LogP contribution in [0.25, 0.3) is 0 Å². The van der Waals surface area contributed by atoms with Crippen molar-refractivity contribution in [3.63, 3.8) is 0 Å². The third-order valence-electron chi connectivity index (χ3n) is 2.31. The summed E-state index contributed by atoms with van der Waals surface area (Å²) in [6, 6.07) is 4.77. The van der Waals surface area contributed by atoms with Crippen molar-refractivity contribution < 1.29 is 23.8 Å². The lowest BCUT2D eigenvalue weighted by Crippen LogP contribution is -2.37. The van der Waals surface area contributed by atoms with Crippen LogP contribution in [0, 0.1) is 0 Å². The molecule has 0 bridgehead atoms. The summed E-state index contributed by atoms with van der Waals surface area (Å²) in [6.07, 6.45) is -0.0225. The molecule has 5 nitrogen and oxygen atoms in total. The number of rotatable bonds is 3. The summed E-state index contributed by atoms with van der Waals surface area (Å²) in [5, 5.41) is 0. The second-order valence-electron chi connectivity index (χ2n) is 3.49. The summed E-state index contributed by atoms with van der Waals surface area (Å²) < 4.78 is 15.6. The molecule has 0 saturated carbocycles. The lowest BCUT2D eigenvalue weighted by Gasteiger charge is -2.25. The van der Waals surface area contributed by atoms with E-state index in [9.17, 15) is 9.59 Å². The Bertz CT molecular complexity index is 441. The number of esters is 1. The van der Waals surface area contributed by atoms with Gasteiger partial charge in [-0.05, 0) is 25.1 Å². The Labute approximate surface area is 98.3 Å². The zero-order valence-electron chi connectivity index (χ0n) is 9.34. The second-order valence-corrected chi connectivity index (χ2v) is 3.49. The highest BCUT2D eigenvalue weighted by Gasteiger charge is 2.28. The van der Waals surface area contributed by atoms with Crippen LogP contribution < -0.4 is 9.47 Å². The molecule has 1 aliphatic rings. The Kier molecular flexibility index (Phi) is 3.27. The molecule has 0 spiro atoms. The van der Waals surface area contributed by atoms with E-state index in [-0.39, 0.29) is 6.61 Å². The zero-order valence-corrected chi connectivity index (χ0v) is 9.34. The highest BCUT2D eigenvalue weighted by Crippen LogP contribution is 2.32. The topological polar surface area (TPSA) is 61.8 Å². The number of benzene rings is 1. The number of aldehydes is 1. The van der Waals surface area contributed by atoms with E-state index in [0.717, 1.165) is 6.29 Å². The molecule has 5 heteroatoms. The summed E-state index contributed by atoms with van der Waals surface area (Å²) in [5.41, 5.74) is 0.502. The Hall–Kier alpha value is -2.04. The largest absolute Gasteiger partial charge is 0.485 e. The van der Waals surface area contributed by atoms with Gasteiger partial charge in [0.2, 0.25) is 6.10 Å². The van der Waals surface area contributed by atoms with Gasteiger partial charge in [0.05, 0.1) is 6.61 Å². The number of hydrogen-bond acceptors (Lipinski definition) is 5. The molecule has 0 amide bonds. The fourth-order valence-corrected chi connectivity index (χ4v) is 1.51. The summed E-state index contributed by atoms with van der Waals surface area (Å²) in [7, 11) is 0.